The molecule has 0 saturated heterocycles. The maximum Gasteiger partial charge on any atom is 0.160 e. The van der Waals surface area contributed by atoms with Gasteiger partial charge in [-0.3, -0.25) is 0 Å². The average molecular weight is 855 g/mol. The number of benzene rings is 10. The smallest absolute Gasteiger partial charge is 0.160 e. The molecule has 2 aliphatic rings. The topological polar surface area (TPSA) is 25.8 Å². The second kappa shape index (κ2) is 15.8. The van der Waals surface area contributed by atoms with E-state index in [0.29, 0.717) is 11.7 Å². The standard InChI is InChI=1S/C65H46N2/c1-42-50-26-16-18-32-58(50)65(57-31-17-11-25-48(57)39-56(42)45-21-7-3-8-22-45)59-40-49(37-38-55(59)62-53-29-14-12-27-51(53)52-28-13-15-30-54(52)63(62)65)61-41-60(66-64(67-61)47-23-9-4-10-24-47)46-35-33-44(34-36-46)43-19-5-2-6-20-43/h2-38,40-42,56H,39H2,1H3. The van der Waals surface area contributed by atoms with Crippen molar-refractivity contribution >= 4 is 21.5 Å². The van der Waals surface area contributed by atoms with E-state index in [1.165, 1.54) is 82.7 Å². The van der Waals surface area contributed by atoms with Gasteiger partial charge in [-0.15, -0.1) is 0 Å². The van der Waals surface area contributed by atoms with E-state index in [4.69, 9.17) is 9.97 Å². The Kier molecular flexibility index (Phi) is 9.21. The van der Waals surface area contributed by atoms with Crippen molar-refractivity contribution in [2.45, 2.75) is 30.6 Å². The Morgan fingerprint density at radius 3 is 1.66 bits per heavy atom. The summed E-state index contributed by atoms with van der Waals surface area (Å²) in [6.07, 6.45) is 0.923. The van der Waals surface area contributed by atoms with Crippen LogP contribution in [0.1, 0.15) is 57.7 Å². The van der Waals surface area contributed by atoms with E-state index in [9.17, 15) is 0 Å². The molecular formula is C65H46N2. The molecule has 1 spiro atoms. The minimum atomic E-state index is -0.654. The van der Waals surface area contributed by atoms with Crippen molar-refractivity contribution in [3.63, 3.8) is 0 Å². The number of aromatic nitrogens is 2. The van der Waals surface area contributed by atoms with Crippen molar-refractivity contribution in [1.82, 2.24) is 9.97 Å². The molecule has 3 unspecified atom stereocenters. The summed E-state index contributed by atoms with van der Waals surface area (Å²) < 4.78 is 0. The first-order valence-corrected chi connectivity index (χ1v) is 23.6. The molecule has 316 valence electrons. The van der Waals surface area contributed by atoms with Crippen molar-refractivity contribution in [2.24, 2.45) is 0 Å². The molecule has 67 heavy (non-hydrogen) atoms. The summed E-state index contributed by atoms with van der Waals surface area (Å²) in [6, 6.07) is 87.3. The summed E-state index contributed by atoms with van der Waals surface area (Å²) in [5, 5.41) is 5.13. The van der Waals surface area contributed by atoms with Crippen LogP contribution in [0.3, 0.4) is 0 Å². The second-order valence-electron chi connectivity index (χ2n) is 18.4. The predicted octanol–water partition coefficient (Wildman–Crippen LogP) is 16.3. The van der Waals surface area contributed by atoms with Crippen molar-refractivity contribution in [1.29, 1.82) is 0 Å². The van der Waals surface area contributed by atoms with Crippen LogP contribution in [0.25, 0.3) is 77.7 Å². The van der Waals surface area contributed by atoms with E-state index in [1.54, 1.807) is 0 Å². The van der Waals surface area contributed by atoms with Gasteiger partial charge in [-0.25, -0.2) is 9.97 Å². The van der Waals surface area contributed by atoms with Crippen LogP contribution in [-0.2, 0) is 11.8 Å². The highest BCUT2D eigenvalue weighted by molar-refractivity contribution is 6.19. The highest BCUT2D eigenvalue weighted by Gasteiger charge is 2.51. The zero-order valence-electron chi connectivity index (χ0n) is 37.3. The third-order valence-corrected chi connectivity index (χ3v) is 14.9. The van der Waals surface area contributed by atoms with Crippen LogP contribution in [0.2, 0.25) is 0 Å². The molecular weight excluding hydrogens is 809 g/mol. The molecule has 1 aromatic heterocycles. The Hall–Kier alpha value is -8.20. The molecule has 0 radical (unpaired) electrons. The molecule has 2 nitrogen and oxygen atoms in total. The minimum absolute atomic E-state index is 0.234. The predicted molar refractivity (Wildman–Crippen MR) is 277 cm³/mol. The Morgan fingerprint density at radius 1 is 0.403 bits per heavy atom. The van der Waals surface area contributed by atoms with Gasteiger partial charge >= 0.3 is 0 Å². The average Bonchev–Trinajstić information content (AvgIpc) is 3.72. The molecule has 13 rings (SSSR count). The maximum absolute atomic E-state index is 5.44. The summed E-state index contributed by atoms with van der Waals surface area (Å²) in [6.45, 7) is 2.46. The van der Waals surface area contributed by atoms with E-state index in [-0.39, 0.29) is 5.92 Å². The normalized spacial score (nSPS) is 17.0. The lowest BCUT2D eigenvalue weighted by Gasteiger charge is -2.42. The van der Waals surface area contributed by atoms with Crippen LogP contribution in [-0.4, -0.2) is 9.97 Å². The molecule has 0 amide bonds. The molecule has 3 atom stereocenters. The van der Waals surface area contributed by atoms with Gasteiger partial charge in [0.15, 0.2) is 5.82 Å². The van der Waals surface area contributed by atoms with Gasteiger partial charge in [0.1, 0.15) is 0 Å². The number of hydrogen-bond donors (Lipinski definition) is 0. The minimum Gasteiger partial charge on any atom is -0.228 e. The fourth-order valence-electron chi connectivity index (χ4n) is 11.8. The lowest BCUT2D eigenvalue weighted by Crippen LogP contribution is -2.34. The largest absolute Gasteiger partial charge is 0.228 e. The van der Waals surface area contributed by atoms with Crippen molar-refractivity contribution in [3.05, 3.63) is 276 Å². The van der Waals surface area contributed by atoms with Crippen molar-refractivity contribution in [3.8, 4) is 56.2 Å². The molecule has 1 heterocycles. The van der Waals surface area contributed by atoms with E-state index >= 15 is 0 Å². The van der Waals surface area contributed by atoms with Gasteiger partial charge < -0.3 is 0 Å². The van der Waals surface area contributed by atoms with E-state index in [0.717, 1.165) is 34.5 Å². The molecule has 0 N–H and O–H groups in total. The van der Waals surface area contributed by atoms with Gasteiger partial charge in [0.05, 0.1) is 16.8 Å². The van der Waals surface area contributed by atoms with Gasteiger partial charge in [-0.2, -0.15) is 0 Å². The molecule has 11 aromatic rings. The van der Waals surface area contributed by atoms with Gasteiger partial charge in [-0.1, -0.05) is 231 Å². The highest BCUT2D eigenvalue weighted by Crippen LogP contribution is 2.63. The van der Waals surface area contributed by atoms with Crippen molar-refractivity contribution in [2.75, 3.05) is 0 Å². The van der Waals surface area contributed by atoms with Crippen LogP contribution >= 0.6 is 0 Å². The van der Waals surface area contributed by atoms with Crippen LogP contribution < -0.4 is 0 Å². The summed E-state index contributed by atoms with van der Waals surface area (Å²) in [4.78, 5) is 10.7. The third-order valence-electron chi connectivity index (χ3n) is 14.9. The molecule has 0 fully saturated rings. The summed E-state index contributed by atoms with van der Waals surface area (Å²) in [7, 11) is 0. The Balaban J connectivity index is 1.11. The van der Waals surface area contributed by atoms with Gasteiger partial charge in [0, 0.05) is 16.7 Å². The number of hydrogen-bond acceptors (Lipinski definition) is 2. The molecule has 2 heteroatoms. The maximum atomic E-state index is 5.44. The fourth-order valence-corrected chi connectivity index (χ4v) is 11.8. The number of nitrogens with zero attached hydrogens (tertiary/aromatic N) is 2. The van der Waals surface area contributed by atoms with Gasteiger partial charge in [-0.05, 0) is 113 Å². The van der Waals surface area contributed by atoms with Crippen LogP contribution in [0.15, 0.2) is 237 Å². The number of rotatable bonds is 5. The van der Waals surface area contributed by atoms with Crippen molar-refractivity contribution < 1.29 is 0 Å². The third kappa shape index (κ3) is 6.17. The van der Waals surface area contributed by atoms with Crippen LogP contribution in [0.4, 0.5) is 0 Å². The quantitative estimate of drug-likeness (QED) is 0.161. The molecule has 2 aliphatic carbocycles. The summed E-state index contributed by atoms with van der Waals surface area (Å²) in [5.74, 6) is 1.23. The summed E-state index contributed by atoms with van der Waals surface area (Å²) >= 11 is 0. The Labute approximate surface area is 392 Å². The molecule has 0 saturated carbocycles. The first-order valence-electron chi connectivity index (χ1n) is 23.6. The molecule has 10 aromatic carbocycles. The molecule has 0 aliphatic heterocycles. The summed E-state index contributed by atoms with van der Waals surface area (Å²) in [5.41, 5.74) is 18.7. The lowest BCUT2D eigenvalue weighted by molar-refractivity contribution is 0.544. The SMILES string of the molecule is CC1c2ccccc2C2(c3ccccc3CC1c1ccccc1)c1cc(-c3cc(-c4ccc(-c5ccccc5)cc4)nc(-c4ccccc4)n3)ccc1-c1c2c2ccccc2c2ccccc12. The Bertz CT molecular complexity index is 3670. The van der Waals surface area contributed by atoms with E-state index in [2.05, 4.69) is 244 Å². The first-order chi connectivity index (χ1) is 33.1. The lowest BCUT2D eigenvalue weighted by atomic mass is 9.60. The fraction of sp³-hybridized carbons (Fsp3) is 0.0769. The second-order valence-corrected chi connectivity index (χ2v) is 18.4. The monoisotopic (exact) mass is 854 g/mol. The first kappa shape index (κ1) is 39.2. The van der Waals surface area contributed by atoms with E-state index < -0.39 is 5.41 Å². The van der Waals surface area contributed by atoms with Gasteiger partial charge in [0.2, 0.25) is 0 Å². The zero-order chi connectivity index (χ0) is 44.5. The zero-order valence-corrected chi connectivity index (χ0v) is 37.3. The van der Waals surface area contributed by atoms with E-state index in [1.807, 2.05) is 0 Å². The van der Waals surface area contributed by atoms with Gasteiger partial charge in [0.25, 0.3) is 0 Å². The van der Waals surface area contributed by atoms with Crippen LogP contribution in [0.5, 0.6) is 0 Å². The highest BCUT2D eigenvalue weighted by atomic mass is 14.9. The van der Waals surface area contributed by atoms with Crippen LogP contribution in [0, 0.1) is 0 Å². The molecule has 0 bridgehead atoms. The Morgan fingerprint density at radius 2 is 0.925 bits per heavy atom. The number of fused-ring (bicyclic) bond motifs is 14.